The molecule has 1 N–H and O–H groups in total. The van der Waals surface area contributed by atoms with Gasteiger partial charge >= 0.3 is 6.09 Å². The summed E-state index contributed by atoms with van der Waals surface area (Å²) in [5.74, 6) is -0.110. The van der Waals surface area contributed by atoms with Gasteiger partial charge in [-0.3, -0.25) is 14.2 Å². The molecule has 7 nitrogen and oxygen atoms in total. The molecule has 1 aliphatic heterocycles. The van der Waals surface area contributed by atoms with Crippen LogP contribution in [0.2, 0.25) is 0 Å². The molecule has 0 bridgehead atoms. The van der Waals surface area contributed by atoms with Crippen molar-refractivity contribution in [3.63, 3.8) is 0 Å². The summed E-state index contributed by atoms with van der Waals surface area (Å²) in [5, 5.41) is 4.80. The second kappa shape index (κ2) is 9.03. The monoisotopic (exact) mass is 511 g/mol. The molecule has 1 saturated heterocycles. The van der Waals surface area contributed by atoms with Gasteiger partial charge in [0.05, 0.1) is 11.6 Å². The molecule has 0 atom stereocenters. The first-order chi connectivity index (χ1) is 17.0. The van der Waals surface area contributed by atoms with E-state index in [0.29, 0.717) is 52.6 Å². The van der Waals surface area contributed by atoms with E-state index < -0.39 is 5.60 Å². The predicted octanol–water partition coefficient (Wildman–Crippen LogP) is 5.18. The number of anilines is 1. The van der Waals surface area contributed by atoms with Crippen molar-refractivity contribution in [1.82, 2.24) is 9.47 Å². The third-order valence-corrected chi connectivity index (χ3v) is 7.64. The third kappa shape index (κ3) is 4.89. The lowest BCUT2D eigenvalue weighted by Gasteiger charge is -2.40. The Morgan fingerprint density at radius 3 is 2.53 bits per heavy atom. The summed E-state index contributed by atoms with van der Waals surface area (Å²) < 4.78 is 21.1. The number of thiophene rings is 1. The molecule has 1 aliphatic carbocycles. The number of hydrogen-bond donors (Lipinski definition) is 1. The van der Waals surface area contributed by atoms with Crippen LogP contribution in [0.5, 0.6) is 0 Å². The molecule has 2 aromatic heterocycles. The van der Waals surface area contributed by atoms with Crippen LogP contribution in [0, 0.1) is 18.7 Å². The normalized spacial score (nSPS) is 16.2. The number of nitrogens with one attached hydrogen (secondary N) is 1. The van der Waals surface area contributed by atoms with Gasteiger partial charge in [0.2, 0.25) is 0 Å². The van der Waals surface area contributed by atoms with E-state index in [2.05, 4.69) is 5.32 Å². The number of pyridine rings is 1. The SMILES string of the molecule is Cc1cc(C(=O)c2c(NC3CN(C(=O)OC(C)(C)C)C3)sc3c2ccc(=O)n3CC2CC2)ccc1F. The number of amides is 1. The highest BCUT2D eigenvalue weighted by Crippen LogP contribution is 2.39. The quantitative estimate of drug-likeness (QED) is 0.461. The summed E-state index contributed by atoms with van der Waals surface area (Å²) in [6.07, 6.45) is 1.83. The third-order valence-electron chi connectivity index (χ3n) is 6.48. The molecule has 3 aromatic rings. The number of ketones is 1. The smallest absolute Gasteiger partial charge is 0.410 e. The van der Waals surface area contributed by atoms with Crippen molar-refractivity contribution < 1.29 is 18.7 Å². The first-order valence-corrected chi connectivity index (χ1v) is 13.0. The molecular weight excluding hydrogens is 481 g/mol. The van der Waals surface area contributed by atoms with Gasteiger partial charge in [0, 0.05) is 36.7 Å². The first kappa shape index (κ1) is 24.5. The maximum atomic E-state index is 13.9. The minimum Gasteiger partial charge on any atom is -0.444 e. The van der Waals surface area contributed by atoms with Gasteiger partial charge in [0.1, 0.15) is 21.2 Å². The Morgan fingerprint density at radius 1 is 1.17 bits per heavy atom. The highest BCUT2D eigenvalue weighted by molar-refractivity contribution is 7.23. The van der Waals surface area contributed by atoms with E-state index in [1.165, 1.54) is 29.5 Å². The van der Waals surface area contributed by atoms with Crippen LogP contribution >= 0.6 is 11.3 Å². The second-order valence-corrected chi connectivity index (χ2v) is 11.8. The number of aryl methyl sites for hydroxylation is 1. The fourth-order valence-electron chi connectivity index (χ4n) is 4.35. The average Bonchev–Trinajstić information content (AvgIpc) is 3.51. The molecule has 190 valence electrons. The molecule has 3 heterocycles. The van der Waals surface area contributed by atoms with E-state index in [4.69, 9.17) is 4.74 Å². The fraction of sp³-hybridized carbons (Fsp3) is 0.444. The van der Waals surface area contributed by atoms with Gasteiger partial charge in [-0.15, -0.1) is 0 Å². The zero-order chi connectivity index (χ0) is 25.8. The van der Waals surface area contributed by atoms with Gasteiger partial charge in [-0.25, -0.2) is 9.18 Å². The largest absolute Gasteiger partial charge is 0.444 e. The zero-order valence-electron chi connectivity index (χ0n) is 20.9. The van der Waals surface area contributed by atoms with Crippen LogP contribution in [0.4, 0.5) is 14.2 Å². The summed E-state index contributed by atoms with van der Waals surface area (Å²) in [7, 11) is 0. The van der Waals surface area contributed by atoms with Crippen molar-refractivity contribution in [3.8, 4) is 0 Å². The number of nitrogens with zero attached hydrogens (tertiary/aromatic N) is 2. The maximum Gasteiger partial charge on any atom is 0.410 e. The van der Waals surface area contributed by atoms with Crippen LogP contribution in [0.3, 0.4) is 0 Å². The minimum absolute atomic E-state index is 0.0595. The molecule has 1 aromatic carbocycles. The topological polar surface area (TPSA) is 80.6 Å². The van der Waals surface area contributed by atoms with Gasteiger partial charge in [-0.1, -0.05) is 11.3 Å². The van der Waals surface area contributed by atoms with E-state index >= 15 is 0 Å². The van der Waals surface area contributed by atoms with Gasteiger partial charge < -0.3 is 15.0 Å². The first-order valence-electron chi connectivity index (χ1n) is 12.2. The summed E-state index contributed by atoms with van der Waals surface area (Å²) in [5.41, 5.74) is 0.604. The Bertz CT molecular complexity index is 1410. The second-order valence-electron chi connectivity index (χ2n) is 10.8. The predicted molar refractivity (Wildman–Crippen MR) is 139 cm³/mol. The summed E-state index contributed by atoms with van der Waals surface area (Å²) >= 11 is 1.38. The van der Waals surface area contributed by atoms with Crippen molar-refractivity contribution in [2.24, 2.45) is 5.92 Å². The number of hydrogen-bond acceptors (Lipinski definition) is 6. The Kier molecular flexibility index (Phi) is 6.14. The molecule has 5 rings (SSSR count). The van der Waals surface area contributed by atoms with Crippen molar-refractivity contribution in [1.29, 1.82) is 0 Å². The van der Waals surface area contributed by atoms with E-state index in [9.17, 15) is 18.8 Å². The summed E-state index contributed by atoms with van der Waals surface area (Å²) in [4.78, 5) is 41.2. The summed E-state index contributed by atoms with van der Waals surface area (Å²) in [6, 6.07) is 7.51. The van der Waals surface area contributed by atoms with Crippen molar-refractivity contribution >= 4 is 38.4 Å². The van der Waals surface area contributed by atoms with E-state index in [0.717, 1.165) is 17.7 Å². The Balaban J connectivity index is 1.48. The van der Waals surface area contributed by atoms with Crippen LogP contribution in [-0.2, 0) is 11.3 Å². The number of likely N-dealkylation sites (tertiary alicyclic amines) is 1. The molecule has 2 aliphatic rings. The standard InChI is InChI=1S/C27H30FN3O4S/c1-15-11-17(7-9-20(15)28)23(33)22-19-8-10-21(32)31(12-16-5-6-16)25(19)36-24(22)29-18-13-30(14-18)26(34)35-27(2,3)4/h7-11,16,18,29H,5-6,12-14H2,1-4H3. The van der Waals surface area contributed by atoms with Crippen molar-refractivity contribution in [3.05, 3.63) is 63.2 Å². The number of ether oxygens (including phenoxy) is 1. The highest BCUT2D eigenvalue weighted by atomic mass is 32.1. The van der Waals surface area contributed by atoms with Gasteiger partial charge in [0.15, 0.2) is 5.78 Å². The van der Waals surface area contributed by atoms with Crippen LogP contribution in [-0.4, -0.2) is 46.1 Å². The van der Waals surface area contributed by atoms with Crippen LogP contribution in [0.25, 0.3) is 10.2 Å². The lowest BCUT2D eigenvalue weighted by molar-refractivity contribution is 0.0105. The highest BCUT2D eigenvalue weighted by Gasteiger charge is 2.35. The molecule has 0 spiro atoms. The van der Waals surface area contributed by atoms with Crippen LogP contribution < -0.4 is 10.9 Å². The average molecular weight is 512 g/mol. The molecule has 2 fully saturated rings. The molecule has 0 unspecified atom stereocenters. The van der Waals surface area contributed by atoms with E-state index in [1.54, 1.807) is 28.5 Å². The molecular formula is C27H30FN3O4S. The molecule has 1 amide bonds. The van der Waals surface area contributed by atoms with Gasteiger partial charge in [-0.05, 0) is 76.3 Å². The fourth-order valence-corrected chi connectivity index (χ4v) is 5.63. The van der Waals surface area contributed by atoms with Crippen LogP contribution in [0.1, 0.15) is 55.1 Å². The van der Waals surface area contributed by atoms with Gasteiger partial charge in [0.25, 0.3) is 5.56 Å². The lowest BCUT2D eigenvalue weighted by Crippen LogP contribution is -2.57. The van der Waals surface area contributed by atoms with E-state index in [1.807, 2.05) is 20.8 Å². The summed E-state index contributed by atoms with van der Waals surface area (Å²) in [6.45, 7) is 8.64. The minimum atomic E-state index is -0.570. The number of carbonyl (C=O) groups excluding carboxylic acids is 2. The lowest BCUT2D eigenvalue weighted by atomic mass is 10.00. The molecule has 1 saturated carbocycles. The number of rotatable bonds is 6. The number of carbonyl (C=O) groups is 2. The number of fused-ring (bicyclic) bond motifs is 1. The molecule has 0 radical (unpaired) electrons. The number of aromatic nitrogens is 1. The molecule has 36 heavy (non-hydrogen) atoms. The Morgan fingerprint density at radius 2 is 1.89 bits per heavy atom. The number of halogens is 1. The Hall–Kier alpha value is -3.20. The number of benzene rings is 1. The molecule has 9 heteroatoms. The maximum absolute atomic E-state index is 13.9. The van der Waals surface area contributed by atoms with Gasteiger partial charge in [-0.2, -0.15) is 0 Å². The van der Waals surface area contributed by atoms with Crippen LogP contribution in [0.15, 0.2) is 35.1 Å². The zero-order valence-corrected chi connectivity index (χ0v) is 21.7. The Labute approximate surface area is 212 Å². The van der Waals surface area contributed by atoms with Crippen molar-refractivity contribution in [2.75, 3.05) is 18.4 Å². The van der Waals surface area contributed by atoms with E-state index in [-0.39, 0.29) is 29.3 Å². The van der Waals surface area contributed by atoms with Crippen molar-refractivity contribution in [2.45, 2.75) is 58.7 Å².